The van der Waals surface area contributed by atoms with Gasteiger partial charge in [-0.15, -0.1) is 0 Å². The number of hydrazine groups is 1. The molecule has 2 rings (SSSR count). The molecule has 1 aromatic carbocycles. The van der Waals surface area contributed by atoms with Crippen molar-refractivity contribution in [2.24, 2.45) is 11.8 Å². The second-order valence-electron chi connectivity index (χ2n) is 5.11. The minimum absolute atomic E-state index is 0.0468. The molecule has 0 unspecified atom stereocenters. The van der Waals surface area contributed by atoms with E-state index in [1.165, 1.54) is 25.7 Å². The maximum atomic E-state index is 11.2. The average molecular weight is 264 g/mol. The van der Waals surface area contributed by atoms with Crippen LogP contribution in [0, 0.1) is 16.0 Å². The number of hydrogen-bond donors (Lipinski definition) is 2. The summed E-state index contributed by atoms with van der Waals surface area (Å²) in [5.74, 6) is 5.99. The zero-order valence-corrected chi connectivity index (χ0v) is 11.1. The molecule has 0 aromatic heterocycles. The Morgan fingerprint density at radius 3 is 2.74 bits per heavy atom. The zero-order chi connectivity index (χ0) is 13.8. The summed E-state index contributed by atoms with van der Waals surface area (Å²) in [4.78, 5) is 12.8. The highest BCUT2D eigenvalue weighted by molar-refractivity contribution is 5.76. The smallest absolute Gasteiger partial charge is 0.316 e. The predicted molar refractivity (Wildman–Crippen MR) is 76.1 cm³/mol. The summed E-state index contributed by atoms with van der Waals surface area (Å²) in [5.41, 5.74) is 3.41. The summed E-state index contributed by atoms with van der Waals surface area (Å²) in [6.07, 6.45) is 4.97. The van der Waals surface area contributed by atoms with Gasteiger partial charge in [0.15, 0.2) is 0 Å². The van der Waals surface area contributed by atoms with Gasteiger partial charge in [-0.25, -0.2) is 0 Å². The van der Waals surface area contributed by atoms with Gasteiger partial charge in [0.2, 0.25) is 0 Å². The second-order valence-corrected chi connectivity index (χ2v) is 5.11. The van der Waals surface area contributed by atoms with Crippen LogP contribution in [-0.2, 0) is 0 Å². The fourth-order valence-electron chi connectivity index (χ4n) is 2.83. The van der Waals surface area contributed by atoms with Gasteiger partial charge in [0, 0.05) is 13.6 Å². The van der Waals surface area contributed by atoms with E-state index in [9.17, 15) is 10.1 Å². The van der Waals surface area contributed by atoms with Crippen LogP contribution in [-0.4, -0.2) is 18.5 Å². The van der Waals surface area contributed by atoms with E-state index < -0.39 is 0 Å². The Bertz CT molecular complexity index is 458. The lowest BCUT2D eigenvalue weighted by Crippen LogP contribution is -2.25. The van der Waals surface area contributed by atoms with E-state index in [1.54, 1.807) is 18.2 Å². The number of anilines is 2. The second kappa shape index (κ2) is 5.88. The molecule has 0 saturated heterocycles. The Labute approximate surface area is 112 Å². The van der Waals surface area contributed by atoms with Crippen molar-refractivity contribution in [1.29, 1.82) is 0 Å². The van der Waals surface area contributed by atoms with E-state index in [-0.39, 0.29) is 10.6 Å². The number of nitrogens with zero attached hydrogens (tertiary/aromatic N) is 2. The van der Waals surface area contributed by atoms with Crippen LogP contribution in [0.4, 0.5) is 17.1 Å². The van der Waals surface area contributed by atoms with Crippen molar-refractivity contribution >= 4 is 17.1 Å². The van der Waals surface area contributed by atoms with E-state index in [1.807, 2.05) is 11.9 Å². The zero-order valence-electron chi connectivity index (χ0n) is 11.1. The molecular weight excluding hydrogens is 244 g/mol. The van der Waals surface area contributed by atoms with Crippen molar-refractivity contribution in [3.05, 3.63) is 28.3 Å². The minimum Gasteiger partial charge on any atom is -0.369 e. The first kappa shape index (κ1) is 13.6. The van der Waals surface area contributed by atoms with Crippen LogP contribution >= 0.6 is 0 Å². The topological polar surface area (TPSA) is 84.4 Å². The minimum atomic E-state index is -0.379. The summed E-state index contributed by atoms with van der Waals surface area (Å²) < 4.78 is 0. The molecule has 6 nitrogen and oxygen atoms in total. The molecule has 1 saturated carbocycles. The van der Waals surface area contributed by atoms with Crippen LogP contribution in [0.2, 0.25) is 0 Å². The van der Waals surface area contributed by atoms with Crippen LogP contribution in [0.3, 0.4) is 0 Å². The average Bonchev–Trinajstić information content (AvgIpc) is 2.90. The van der Waals surface area contributed by atoms with Crippen molar-refractivity contribution in [3.63, 3.8) is 0 Å². The molecule has 0 radical (unpaired) electrons. The Hall–Kier alpha value is -1.82. The van der Waals surface area contributed by atoms with Crippen molar-refractivity contribution in [3.8, 4) is 0 Å². The predicted octanol–water partition coefficient (Wildman–Crippen LogP) is 2.51. The normalized spacial score (nSPS) is 15.5. The van der Waals surface area contributed by atoms with Crippen LogP contribution in [0.5, 0.6) is 0 Å². The highest BCUT2D eigenvalue weighted by Gasteiger charge is 2.24. The van der Waals surface area contributed by atoms with Gasteiger partial charge in [0.05, 0.1) is 4.92 Å². The van der Waals surface area contributed by atoms with Gasteiger partial charge < -0.3 is 10.3 Å². The molecule has 19 heavy (non-hydrogen) atoms. The summed E-state index contributed by atoms with van der Waals surface area (Å²) in [6.45, 7) is 0.856. The van der Waals surface area contributed by atoms with Crippen LogP contribution in [0.25, 0.3) is 0 Å². The highest BCUT2D eigenvalue weighted by Crippen LogP contribution is 2.36. The van der Waals surface area contributed by atoms with Crippen molar-refractivity contribution < 1.29 is 4.92 Å². The number of benzene rings is 1. The van der Waals surface area contributed by atoms with E-state index in [2.05, 4.69) is 5.43 Å². The standard InChI is InChI=1S/C13H20N4O2/c1-16(9-10-5-2-3-6-10)12-8-4-7-11(15-14)13(12)17(18)19/h4,7-8,10,15H,2-3,5-6,9,14H2,1H3. The molecule has 0 atom stereocenters. The molecule has 0 spiro atoms. The van der Waals surface area contributed by atoms with E-state index in [0.717, 1.165) is 6.54 Å². The number of rotatable bonds is 5. The highest BCUT2D eigenvalue weighted by atomic mass is 16.6. The van der Waals surface area contributed by atoms with Gasteiger partial charge in [-0.3, -0.25) is 16.0 Å². The monoisotopic (exact) mass is 264 g/mol. The molecule has 1 fully saturated rings. The number of para-hydroxylation sites is 1. The maximum Gasteiger partial charge on any atom is 0.316 e. The first-order chi connectivity index (χ1) is 9.13. The number of nitrogens with two attached hydrogens (primary N) is 1. The molecule has 1 aliphatic rings. The third kappa shape index (κ3) is 2.96. The van der Waals surface area contributed by atoms with Crippen LogP contribution < -0.4 is 16.2 Å². The van der Waals surface area contributed by atoms with Crippen molar-refractivity contribution in [2.75, 3.05) is 23.9 Å². The number of nitrogens with one attached hydrogen (secondary N) is 1. The molecule has 1 aliphatic carbocycles. The Morgan fingerprint density at radius 2 is 2.16 bits per heavy atom. The first-order valence-corrected chi connectivity index (χ1v) is 6.58. The summed E-state index contributed by atoms with van der Waals surface area (Å²) in [6, 6.07) is 5.17. The number of nitro groups is 1. The van der Waals surface area contributed by atoms with Gasteiger partial charge in [-0.05, 0) is 30.9 Å². The molecule has 6 heteroatoms. The third-order valence-electron chi connectivity index (χ3n) is 3.77. The molecule has 0 aliphatic heterocycles. The molecule has 0 heterocycles. The quantitative estimate of drug-likeness (QED) is 0.485. The lowest BCUT2D eigenvalue weighted by Gasteiger charge is -2.23. The summed E-state index contributed by atoms with van der Waals surface area (Å²) in [5, 5.41) is 11.2. The third-order valence-corrected chi connectivity index (χ3v) is 3.77. The van der Waals surface area contributed by atoms with Gasteiger partial charge >= 0.3 is 5.69 Å². The summed E-state index contributed by atoms with van der Waals surface area (Å²) in [7, 11) is 1.90. The van der Waals surface area contributed by atoms with Gasteiger partial charge in [-0.2, -0.15) is 0 Å². The lowest BCUT2D eigenvalue weighted by atomic mass is 10.1. The molecule has 1 aromatic rings. The molecular formula is C13H20N4O2. The van der Waals surface area contributed by atoms with Gasteiger partial charge in [0.1, 0.15) is 11.4 Å². The Balaban J connectivity index is 2.24. The molecule has 104 valence electrons. The maximum absolute atomic E-state index is 11.2. The van der Waals surface area contributed by atoms with Gasteiger partial charge in [0.25, 0.3) is 0 Å². The number of nitro benzene ring substituents is 1. The van der Waals surface area contributed by atoms with Crippen molar-refractivity contribution in [2.45, 2.75) is 25.7 Å². The fourth-order valence-corrected chi connectivity index (χ4v) is 2.83. The Morgan fingerprint density at radius 1 is 1.47 bits per heavy atom. The Kier molecular flexibility index (Phi) is 4.21. The largest absolute Gasteiger partial charge is 0.369 e. The number of nitrogen functional groups attached to an aromatic ring is 1. The van der Waals surface area contributed by atoms with Crippen LogP contribution in [0.1, 0.15) is 25.7 Å². The number of hydrogen-bond acceptors (Lipinski definition) is 5. The molecule has 0 amide bonds. The summed E-state index contributed by atoms with van der Waals surface area (Å²) >= 11 is 0. The first-order valence-electron chi connectivity index (χ1n) is 6.58. The van der Waals surface area contributed by atoms with E-state index >= 15 is 0 Å². The lowest BCUT2D eigenvalue weighted by molar-refractivity contribution is -0.383. The fraction of sp³-hybridized carbons (Fsp3) is 0.538. The van der Waals surface area contributed by atoms with E-state index in [0.29, 0.717) is 17.3 Å². The molecule has 3 N–H and O–H groups in total. The van der Waals surface area contributed by atoms with Crippen LogP contribution in [0.15, 0.2) is 18.2 Å². The van der Waals surface area contributed by atoms with Gasteiger partial charge in [-0.1, -0.05) is 18.9 Å². The van der Waals surface area contributed by atoms with E-state index in [4.69, 9.17) is 5.84 Å². The SMILES string of the molecule is CN(CC1CCCC1)c1cccc(NN)c1[N+](=O)[O-]. The van der Waals surface area contributed by atoms with Crippen molar-refractivity contribution in [1.82, 2.24) is 0 Å². The molecule has 0 bridgehead atoms.